The lowest BCUT2D eigenvalue weighted by Gasteiger charge is -2.09. The highest BCUT2D eigenvalue weighted by Crippen LogP contribution is 2.23. The minimum atomic E-state index is -0.337. The minimum absolute atomic E-state index is 0. The number of carbonyl (C=O) groups excluding carboxylic acids is 2. The van der Waals surface area contributed by atoms with E-state index in [1.807, 2.05) is 36.5 Å². The highest BCUT2D eigenvalue weighted by atomic mass is 35.5. The van der Waals surface area contributed by atoms with Crippen molar-refractivity contribution >= 4 is 47.2 Å². The number of aryl methyl sites for hydroxylation is 1. The van der Waals surface area contributed by atoms with Gasteiger partial charge in [0.25, 0.3) is 5.24 Å². The van der Waals surface area contributed by atoms with Gasteiger partial charge in [0, 0.05) is 32.4 Å². The highest BCUT2D eigenvalue weighted by molar-refractivity contribution is 8.15. The van der Waals surface area contributed by atoms with Gasteiger partial charge in [-0.2, -0.15) is 4.99 Å². The Bertz CT molecular complexity index is 1010. The van der Waals surface area contributed by atoms with E-state index in [1.54, 1.807) is 14.1 Å². The number of nitrogens with one attached hydrogen (secondary N) is 2. The molecule has 12 heteroatoms. The average molecular weight is 522 g/mol. The zero-order chi connectivity index (χ0) is 25.1. The molecule has 0 bridgehead atoms. The maximum Gasteiger partial charge on any atom is 0.286 e. The number of hydrogen-bond donors (Lipinski definition) is 4. The van der Waals surface area contributed by atoms with E-state index in [1.165, 1.54) is 10.5 Å². The second kappa shape index (κ2) is 14.8. The lowest BCUT2D eigenvalue weighted by molar-refractivity contribution is -0.118. The summed E-state index contributed by atoms with van der Waals surface area (Å²) in [6.45, 7) is 2.67. The predicted molar refractivity (Wildman–Crippen MR) is 142 cm³/mol. The number of ether oxygens (including phenoxy) is 1. The molecule has 1 fully saturated rings. The first-order valence-corrected chi connectivity index (χ1v) is 11.6. The van der Waals surface area contributed by atoms with Crippen molar-refractivity contribution in [3.8, 4) is 5.75 Å². The molecule has 0 aliphatic carbocycles. The van der Waals surface area contributed by atoms with Crippen LogP contribution in [0.4, 0.5) is 4.79 Å². The topological polar surface area (TPSA) is 160 Å². The van der Waals surface area contributed by atoms with E-state index in [-0.39, 0.29) is 40.7 Å². The van der Waals surface area contributed by atoms with Crippen LogP contribution in [0.5, 0.6) is 5.75 Å². The van der Waals surface area contributed by atoms with Gasteiger partial charge in [0.1, 0.15) is 5.75 Å². The molecule has 3 rings (SSSR count). The summed E-state index contributed by atoms with van der Waals surface area (Å²) >= 11 is 1.05. The number of thioether (sulfide) groups is 1. The molecule has 1 aliphatic rings. The molecule has 1 aromatic heterocycles. The van der Waals surface area contributed by atoms with Gasteiger partial charge >= 0.3 is 0 Å². The van der Waals surface area contributed by atoms with Crippen molar-refractivity contribution in [2.75, 3.05) is 20.7 Å². The molecule has 10 nitrogen and oxygen atoms in total. The molecule has 1 saturated heterocycles. The summed E-state index contributed by atoms with van der Waals surface area (Å²) < 4.78 is 5.75. The standard InChI is InChI=1S/C19H20N2O3S.C4H11N5.ClH/c1-2-13-3-6-15(20-12-13)9-10-24-16-7-4-14(5-8-16)11-17-18(22)21-19(23)25-17;1-9(2)4(7)8-3(5)6;/h3-8,12,17H,2,9-11H2,1H3,(H,21,22,23);1-2H3,(H5,5,6,7,8);1H. The second-order valence-corrected chi connectivity index (χ2v) is 8.77. The molecule has 2 heterocycles. The number of imide groups is 1. The Morgan fingerprint density at radius 1 is 1.17 bits per heavy atom. The average Bonchev–Trinajstić information content (AvgIpc) is 3.11. The predicted octanol–water partition coefficient (Wildman–Crippen LogP) is 2.34. The number of nitrogens with zero attached hydrogens (tertiary/aromatic N) is 3. The van der Waals surface area contributed by atoms with Gasteiger partial charge in [0.15, 0.2) is 5.96 Å². The largest absolute Gasteiger partial charge is 0.493 e. The SMILES string of the molecule is CCc1ccc(CCOc2ccc(CC3SC(=O)NC3=O)cc2)nc1.CN(C)C(=N)N=C(N)N.Cl. The van der Waals surface area contributed by atoms with E-state index in [2.05, 4.69) is 28.3 Å². The van der Waals surface area contributed by atoms with Crippen LogP contribution >= 0.6 is 24.2 Å². The number of rotatable bonds is 7. The maximum absolute atomic E-state index is 11.6. The Balaban J connectivity index is 0.000000526. The van der Waals surface area contributed by atoms with E-state index in [4.69, 9.17) is 21.6 Å². The fourth-order valence-corrected chi connectivity index (χ4v) is 3.63. The van der Waals surface area contributed by atoms with Crippen molar-refractivity contribution in [1.82, 2.24) is 15.2 Å². The van der Waals surface area contributed by atoms with E-state index >= 15 is 0 Å². The number of carbonyl (C=O) groups is 2. The van der Waals surface area contributed by atoms with Crippen molar-refractivity contribution in [2.24, 2.45) is 16.5 Å². The smallest absolute Gasteiger partial charge is 0.286 e. The Hall–Kier alpha value is -3.31. The zero-order valence-electron chi connectivity index (χ0n) is 20.0. The number of guanidine groups is 2. The Labute approximate surface area is 215 Å². The first-order valence-electron chi connectivity index (χ1n) is 10.7. The summed E-state index contributed by atoms with van der Waals surface area (Å²) in [5.74, 6) is 0.536. The summed E-state index contributed by atoms with van der Waals surface area (Å²) in [7, 11) is 3.38. The van der Waals surface area contributed by atoms with Gasteiger partial charge in [-0.3, -0.25) is 25.3 Å². The van der Waals surface area contributed by atoms with Gasteiger partial charge < -0.3 is 21.1 Å². The molecule has 2 amide bonds. The summed E-state index contributed by atoms with van der Waals surface area (Å²) in [6.07, 6.45) is 4.19. The summed E-state index contributed by atoms with van der Waals surface area (Å²) in [5.41, 5.74) is 13.2. The van der Waals surface area contributed by atoms with Crippen molar-refractivity contribution < 1.29 is 14.3 Å². The fourth-order valence-electron chi connectivity index (χ4n) is 2.77. The fraction of sp³-hybridized carbons (Fsp3) is 0.348. The van der Waals surface area contributed by atoms with Gasteiger partial charge in [-0.1, -0.05) is 36.9 Å². The summed E-state index contributed by atoms with van der Waals surface area (Å²) in [6, 6.07) is 11.8. The molecular weight excluding hydrogens is 490 g/mol. The monoisotopic (exact) mass is 521 g/mol. The van der Waals surface area contributed by atoms with Gasteiger partial charge in [0.05, 0.1) is 11.9 Å². The second-order valence-electron chi connectivity index (χ2n) is 7.60. The molecule has 1 aliphatic heterocycles. The third-order valence-corrected chi connectivity index (χ3v) is 5.67. The van der Waals surface area contributed by atoms with E-state index in [0.29, 0.717) is 13.0 Å². The number of benzene rings is 1. The number of nitrogens with two attached hydrogens (primary N) is 2. The molecule has 6 N–H and O–H groups in total. The van der Waals surface area contributed by atoms with E-state index in [9.17, 15) is 9.59 Å². The normalized spacial score (nSPS) is 14.1. The first-order chi connectivity index (χ1) is 16.2. The summed E-state index contributed by atoms with van der Waals surface area (Å²) in [5, 5.41) is 8.75. The molecule has 0 spiro atoms. The number of aromatic nitrogens is 1. The quantitative estimate of drug-likeness (QED) is 0.319. The van der Waals surface area contributed by atoms with Crippen molar-refractivity contribution in [1.29, 1.82) is 5.41 Å². The van der Waals surface area contributed by atoms with Gasteiger partial charge in [0.2, 0.25) is 11.9 Å². The zero-order valence-corrected chi connectivity index (χ0v) is 21.6. The van der Waals surface area contributed by atoms with E-state index in [0.717, 1.165) is 41.6 Å². The van der Waals surface area contributed by atoms with Gasteiger partial charge in [-0.25, -0.2) is 0 Å². The van der Waals surface area contributed by atoms with Gasteiger partial charge in [-0.15, -0.1) is 12.4 Å². The highest BCUT2D eigenvalue weighted by Gasteiger charge is 2.31. The molecule has 35 heavy (non-hydrogen) atoms. The van der Waals surface area contributed by atoms with Crippen molar-refractivity contribution in [2.45, 2.75) is 31.4 Å². The van der Waals surface area contributed by atoms with Crippen LogP contribution in [-0.2, 0) is 24.1 Å². The molecule has 1 atom stereocenters. The molecule has 1 unspecified atom stereocenters. The third kappa shape index (κ3) is 10.7. The van der Waals surface area contributed by atoms with Crippen LogP contribution in [-0.4, -0.2) is 58.9 Å². The molecule has 0 radical (unpaired) electrons. The number of pyridine rings is 1. The minimum Gasteiger partial charge on any atom is -0.493 e. The van der Waals surface area contributed by atoms with Crippen LogP contribution in [0.15, 0.2) is 47.6 Å². The van der Waals surface area contributed by atoms with E-state index < -0.39 is 0 Å². The van der Waals surface area contributed by atoms with Gasteiger partial charge in [-0.05, 0) is 42.2 Å². The van der Waals surface area contributed by atoms with Crippen LogP contribution in [0.25, 0.3) is 0 Å². The molecule has 1 aromatic carbocycles. The number of aliphatic imine (C=N–C) groups is 1. The van der Waals surface area contributed by atoms with Crippen LogP contribution in [0.1, 0.15) is 23.7 Å². The number of halogens is 1. The molecule has 0 saturated carbocycles. The lowest BCUT2D eigenvalue weighted by atomic mass is 10.1. The number of amides is 2. The molecular formula is C23H32ClN7O3S. The van der Waals surface area contributed by atoms with Crippen LogP contribution in [0.3, 0.4) is 0 Å². The molecule has 2 aromatic rings. The Kier molecular flexibility index (Phi) is 12.6. The van der Waals surface area contributed by atoms with Crippen LogP contribution in [0, 0.1) is 5.41 Å². The summed E-state index contributed by atoms with van der Waals surface area (Å²) in [4.78, 5) is 32.1. The molecule has 190 valence electrons. The Morgan fingerprint density at radius 2 is 1.83 bits per heavy atom. The Morgan fingerprint density at radius 3 is 2.29 bits per heavy atom. The first kappa shape index (κ1) is 29.7. The van der Waals surface area contributed by atoms with Crippen molar-refractivity contribution in [3.63, 3.8) is 0 Å². The lowest BCUT2D eigenvalue weighted by Crippen LogP contribution is -2.28. The maximum atomic E-state index is 11.6. The number of hydrogen-bond acceptors (Lipinski definition) is 6. The third-order valence-electron chi connectivity index (χ3n) is 4.69. The van der Waals surface area contributed by atoms with Crippen LogP contribution in [0.2, 0.25) is 0 Å². The van der Waals surface area contributed by atoms with Crippen LogP contribution < -0.4 is 21.5 Å². The van der Waals surface area contributed by atoms with Crippen molar-refractivity contribution in [3.05, 3.63) is 59.4 Å².